The first-order chi connectivity index (χ1) is 15.2. The first kappa shape index (κ1) is 19.8. The van der Waals surface area contributed by atoms with E-state index in [1.165, 1.54) is 5.69 Å². The zero-order valence-corrected chi connectivity index (χ0v) is 17.4. The number of hydrogen-bond donors (Lipinski definition) is 1. The maximum Gasteiger partial charge on any atom is 0.308 e. The van der Waals surface area contributed by atoms with Gasteiger partial charge in [0.1, 0.15) is 12.1 Å². The van der Waals surface area contributed by atoms with Crippen molar-refractivity contribution in [3.05, 3.63) is 48.8 Å². The zero-order valence-electron chi connectivity index (χ0n) is 17.4. The van der Waals surface area contributed by atoms with Gasteiger partial charge in [0.15, 0.2) is 0 Å². The molecule has 2 aliphatic rings. The average Bonchev–Trinajstić information content (AvgIpc) is 2.84. The van der Waals surface area contributed by atoms with E-state index in [4.69, 9.17) is 4.74 Å². The van der Waals surface area contributed by atoms with Gasteiger partial charge in [0, 0.05) is 31.9 Å². The molecule has 3 heterocycles. The van der Waals surface area contributed by atoms with Crippen molar-refractivity contribution < 1.29 is 14.6 Å². The van der Waals surface area contributed by atoms with E-state index in [9.17, 15) is 9.90 Å². The number of aliphatic carboxylic acids is 1. The van der Waals surface area contributed by atoms with Gasteiger partial charge in [-0.2, -0.15) is 0 Å². The van der Waals surface area contributed by atoms with E-state index < -0.39 is 5.97 Å². The number of benzene rings is 2. The molecule has 31 heavy (non-hydrogen) atoms. The van der Waals surface area contributed by atoms with Gasteiger partial charge in [-0.25, -0.2) is 9.97 Å². The Bertz CT molecular complexity index is 1070. The fourth-order valence-corrected chi connectivity index (χ4v) is 4.62. The molecular weight excluding hydrogens is 392 g/mol. The molecule has 3 aromatic rings. The molecule has 2 aromatic carbocycles. The van der Waals surface area contributed by atoms with E-state index in [1.807, 2.05) is 12.1 Å². The van der Waals surface area contributed by atoms with Crippen molar-refractivity contribution in [2.45, 2.75) is 12.8 Å². The van der Waals surface area contributed by atoms with Crippen LogP contribution in [-0.2, 0) is 9.53 Å². The fraction of sp³-hybridized carbons (Fsp3) is 0.375. The zero-order chi connectivity index (χ0) is 21.2. The van der Waals surface area contributed by atoms with Crippen molar-refractivity contribution in [3.63, 3.8) is 0 Å². The molecule has 5 rings (SSSR count). The van der Waals surface area contributed by atoms with Gasteiger partial charge in [0.25, 0.3) is 0 Å². The summed E-state index contributed by atoms with van der Waals surface area (Å²) in [4.78, 5) is 25.1. The van der Waals surface area contributed by atoms with Crippen molar-refractivity contribution in [2.75, 3.05) is 49.2 Å². The summed E-state index contributed by atoms with van der Waals surface area (Å²) in [7, 11) is 0. The first-order valence-corrected chi connectivity index (χ1v) is 10.9. The van der Waals surface area contributed by atoms with E-state index in [-0.39, 0.29) is 5.92 Å². The van der Waals surface area contributed by atoms with E-state index >= 15 is 0 Å². The SMILES string of the molecule is O=C(O)C1CCCN(c2ncnc3cccc(-c4ccc(N5CCOCC5)cc4)c23)C1. The Labute approximate surface area is 181 Å². The van der Waals surface area contributed by atoms with Crippen molar-refractivity contribution >= 4 is 28.4 Å². The molecule has 2 saturated heterocycles. The molecule has 1 N–H and O–H groups in total. The summed E-state index contributed by atoms with van der Waals surface area (Å²) in [6, 6.07) is 14.7. The maximum atomic E-state index is 11.6. The number of piperidine rings is 1. The minimum Gasteiger partial charge on any atom is -0.481 e. The molecule has 0 radical (unpaired) electrons. The Morgan fingerprint density at radius 3 is 2.58 bits per heavy atom. The molecule has 7 heteroatoms. The molecule has 160 valence electrons. The number of morpholine rings is 1. The highest BCUT2D eigenvalue weighted by Gasteiger charge is 2.27. The fourth-order valence-electron chi connectivity index (χ4n) is 4.62. The Hall–Kier alpha value is -3.19. The normalized spacial score (nSPS) is 19.5. The van der Waals surface area contributed by atoms with Crippen LogP contribution < -0.4 is 9.80 Å². The molecule has 1 aromatic heterocycles. The van der Waals surface area contributed by atoms with Gasteiger partial charge >= 0.3 is 5.97 Å². The lowest BCUT2D eigenvalue weighted by Crippen LogP contribution is -2.39. The number of carboxylic acid groups (broad SMARTS) is 1. The number of carbonyl (C=O) groups is 1. The highest BCUT2D eigenvalue weighted by molar-refractivity contribution is 6.02. The van der Waals surface area contributed by atoms with Gasteiger partial charge in [-0.15, -0.1) is 0 Å². The van der Waals surface area contributed by atoms with Gasteiger partial charge in [0.2, 0.25) is 0 Å². The quantitative estimate of drug-likeness (QED) is 0.695. The predicted octanol–water partition coefficient (Wildman–Crippen LogP) is 3.43. The molecule has 2 aliphatic heterocycles. The third-order valence-electron chi connectivity index (χ3n) is 6.27. The molecule has 0 aliphatic carbocycles. The molecule has 0 bridgehead atoms. The lowest BCUT2D eigenvalue weighted by Gasteiger charge is -2.32. The van der Waals surface area contributed by atoms with Gasteiger partial charge in [0.05, 0.1) is 30.0 Å². The number of hydrogen-bond acceptors (Lipinski definition) is 6. The topological polar surface area (TPSA) is 78.8 Å². The maximum absolute atomic E-state index is 11.6. The third-order valence-corrected chi connectivity index (χ3v) is 6.27. The van der Waals surface area contributed by atoms with Crippen LogP contribution in [0.1, 0.15) is 12.8 Å². The number of anilines is 2. The molecule has 1 atom stereocenters. The molecule has 0 amide bonds. The number of rotatable bonds is 4. The summed E-state index contributed by atoms with van der Waals surface area (Å²) < 4.78 is 5.46. The molecule has 0 saturated carbocycles. The van der Waals surface area contributed by atoms with Crippen LogP contribution in [0.3, 0.4) is 0 Å². The second-order valence-corrected chi connectivity index (χ2v) is 8.17. The van der Waals surface area contributed by atoms with Crippen LogP contribution in [0.15, 0.2) is 48.8 Å². The van der Waals surface area contributed by atoms with Crippen molar-refractivity contribution in [1.29, 1.82) is 0 Å². The van der Waals surface area contributed by atoms with Crippen molar-refractivity contribution in [1.82, 2.24) is 9.97 Å². The summed E-state index contributed by atoms with van der Waals surface area (Å²) in [6.07, 6.45) is 3.14. The Morgan fingerprint density at radius 2 is 1.81 bits per heavy atom. The lowest BCUT2D eigenvalue weighted by molar-refractivity contribution is -0.141. The Morgan fingerprint density at radius 1 is 1.00 bits per heavy atom. The number of fused-ring (bicyclic) bond motifs is 1. The van der Waals surface area contributed by atoms with Crippen LogP contribution >= 0.6 is 0 Å². The number of nitrogens with zero attached hydrogens (tertiary/aromatic N) is 4. The van der Waals surface area contributed by atoms with Crippen LogP contribution in [0.5, 0.6) is 0 Å². The summed E-state index contributed by atoms with van der Waals surface area (Å²) >= 11 is 0. The van der Waals surface area contributed by atoms with E-state index in [0.717, 1.165) is 67.1 Å². The molecule has 1 unspecified atom stereocenters. The Balaban J connectivity index is 1.53. The molecular formula is C24H26N4O3. The number of carboxylic acids is 1. The summed E-state index contributed by atoms with van der Waals surface area (Å²) in [5, 5.41) is 10.5. The monoisotopic (exact) mass is 418 g/mol. The average molecular weight is 418 g/mol. The minimum atomic E-state index is -0.734. The second-order valence-electron chi connectivity index (χ2n) is 8.17. The van der Waals surface area contributed by atoms with Gasteiger partial charge in [-0.3, -0.25) is 4.79 Å². The van der Waals surface area contributed by atoms with Crippen LogP contribution in [0, 0.1) is 5.92 Å². The van der Waals surface area contributed by atoms with Crippen LogP contribution in [0.4, 0.5) is 11.5 Å². The van der Waals surface area contributed by atoms with Gasteiger partial charge in [-0.1, -0.05) is 24.3 Å². The van der Waals surface area contributed by atoms with E-state index in [2.05, 4.69) is 50.1 Å². The van der Waals surface area contributed by atoms with Gasteiger partial charge in [-0.05, 0) is 42.2 Å². The van der Waals surface area contributed by atoms with Crippen LogP contribution in [0.2, 0.25) is 0 Å². The van der Waals surface area contributed by atoms with Crippen LogP contribution in [-0.4, -0.2) is 60.4 Å². The molecule has 0 spiro atoms. The first-order valence-electron chi connectivity index (χ1n) is 10.9. The standard InChI is InChI=1S/C24H26N4O3/c29-24(30)18-3-2-10-28(15-18)23-22-20(4-1-5-21(22)25-16-26-23)17-6-8-19(9-7-17)27-11-13-31-14-12-27/h1,4-9,16,18H,2-3,10-15H2,(H,29,30). The number of ether oxygens (including phenoxy) is 1. The summed E-state index contributed by atoms with van der Waals surface area (Å²) in [5.74, 6) is -0.274. The highest BCUT2D eigenvalue weighted by atomic mass is 16.5. The van der Waals surface area contributed by atoms with Gasteiger partial charge < -0.3 is 19.6 Å². The molecule has 7 nitrogen and oxygen atoms in total. The largest absolute Gasteiger partial charge is 0.481 e. The summed E-state index contributed by atoms with van der Waals surface area (Å²) in [5.41, 5.74) is 4.24. The number of aromatic nitrogens is 2. The minimum absolute atomic E-state index is 0.362. The van der Waals surface area contributed by atoms with E-state index in [0.29, 0.717) is 13.0 Å². The second kappa shape index (κ2) is 8.51. The predicted molar refractivity (Wildman–Crippen MR) is 121 cm³/mol. The third kappa shape index (κ3) is 3.93. The smallest absolute Gasteiger partial charge is 0.308 e. The highest BCUT2D eigenvalue weighted by Crippen LogP contribution is 2.36. The molecule has 2 fully saturated rings. The Kier molecular flexibility index (Phi) is 5.42. The van der Waals surface area contributed by atoms with Crippen molar-refractivity contribution in [3.8, 4) is 11.1 Å². The lowest BCUT2D eigenvalue weighted by atomic mass is 9.96. The van der Waals surface area contributed by atoms with Crippen LogP contribution in [0.25, 0.3) is 22.0 Å². The summed E-state index contributed by atoms with van der Waals surface area (Å²) in [6.45, 7) is 4.63. The van der Waals surface area contributed by atoms with E-state index in [1.54, 1.807) is 6.33 Å². The van der Waals surface area contributed by atoms with Crippen molar-refractivity contribution in [2.24, 2.45) is 5.92 Å².